The number of ether oxygens (including phenoxy) is 1. The zero-order valence-electron chi connectivity index (χ0n) is 14.7. The Labute approximate surface area is 158 Å². The van der Waals surface area contributed by atoms with Crippen LogP contribution in [0.15, 0.2) is 40.8 Å². The van der Waals surface area contributed by atoms with Crippen LogP contribution in [0.2, 0.25) is 0 Å². The first-order valence-corrected chi connectivity index (χ1v) is 9.35. The quantitative estimate of drug-likeness (QED) is 0.495. The monoisotopic (exact) mass is 386 g/mol. The van der Waals surface area contributed by atoms with Crippen molar-refractivity contribution in [3.63, 3.8) is 0 Å². The zero-order chi connectivity index (χ0) is 19.4. The molecule has 2 heterocycles. The molecule has 0 bridgehead atoms. The molecule has 0 saturated carbocycles. The van der Waals surface area contributed by atoms with Gasteiger partial charge >= 0.3 is 11.9 Å². The van der Waals surface area contributed by atoms with Crippen molar-refractivity contribution in [2.24, 2.45) is 0 Å². The predicted octanol–water partition coefficient (Wildman–Crippen LogP) is 3.16. The second kappa shape index (κ2) is 8.13. The Morgan fingerprint density at radius 2 is 2.00 bits per heavy atom. The number of aromatic nitrogens is 2. The molecule has 0 amide bonds. The second-order valence-corrected chi connectivity index (χ2v) is 6.86. The molecule has 0 radical (unpaired) electrons. The molecule has 0 aliphatic rings. The minimum absolute atomic E-state index is 0.176. The van der Waals surface area contributed by atoms with Gasteiger partial charge in [-0.05, 0) is 24.1 Å². The molecular formula is C19H18N2O5S. The summed E-state index contributed by atoms with van der Waals surface area (Å²) in [6, 6.07) is 6.26. The van der Waals surface area contributed by atoms with E-state index in [1.807, 2.05) is 6.92 Å². The Bertz CT molecular complexity index is 1040. The van der Waals surface area contributed by atoms with E-state index in [4.69, 9.17) is 9.84 Å². The molecule has 0 unspecified atom stereocenters. The summed E-state index contributed by atoms with van der Waals surface area (Å²) in [6.45, 7) is 2.54. The number of aromatic carboxylic acids is 1. The fourth-order valence-electron chi connectivity index (χ4n) is 2.57. The number of unbranched alkanes of at least 4 members (excludes halogenated alkanes) is 1. The fraction of sp³-hybridized carbons (Fsp3) is 0.263. The molecule has 0 spiro atoms. The first-order valence-electron chi connectivity index (χ1n) is 8.47. The van der Waals surface area contributed by atoms with Gasteiger partial charge in [-0.15, -0.1) is 11.3 Å². The largest absolute Gasteiger partial charge is 0.478 e. The van der Waals surface area contributed by atoms with E-state index in [1.165, 1.54) is 34.4 Å². The van der Waals surface area contributed by atoms with E-state index in [2.05, 4.69) is 4.98 Å². The van der Waals surface area contributed by atoms with E-state index in [1.54, 1.807) is 17.5 Å². The number of esters is 1. The number of nitrogens with zero attached hydrogens (tertiary/aromatic N) is 2. The van der Waals surface area contributed by atoms with Crippen LogP contribution in [0.3, 0.4) is 0 Å². The summed E-state index contributed by atoms with van der Waals surface area (Å²) in [5.74, 6) is -1.52. The molecule has 140 valence electrons. The number of carbonyl (C=O) groups excluding carboxylic acids is 1. The molecule has 0 aliphatic heterocycles. The van der Waals surface area contributed by atoms with Gasteiger partial charge in [0.05, 0.1) is 36.0 Å². The van der Waals surface area contributed by atoms with Crippen molar-refractivity contribution < 1.29 is 19.4 Å². The van der Waals surface area contributed by atoms with Crippen LogP contribution in [0.1, 0.15) is 46.0 Å². The lowest BCUT2D eigenvalue weighted by molar-refractivity contribution is 0.0502. The molecule has 0 atom stereocenters. The molecule has 8 heteroatoms. The first kappa shape index (κ1) is 18.8. The number of hydrogen-bond acceptors (Lipinski definition) is 6. The van der Waals surface area contributed by atoms with Crippen LogP contribution in [-0.2, 0) is 11.3 Å². The minimum Gasteiger partial charge on any atom is -0.478 e. The van der Waals surface area contributed by atoms with E-state index in [9.17, 15) is 14.4 Å². The standard InChI is InChI=1S/C19H18N2O5S/c1-2-3-8-26-19(25)14-10-27-16-15(14)17(22)21(11-20-16)9-12-4-6-13(7-5-12)18(23)24/h4-7,10-11H,2-3,8-9H2,1H3,(H,23,24). The summed E-state index contributed by atoms with van der Waals surface area (Å²) >= 11 is 1.23. The zero-order valence-corrected chi connectivity index (χ0v) is 15.5. The predicted molar refractivity (Wildman–Crippen MR) is 102 cm³/mol. The van der Waals surface area contributed by atoms with Crippen molar-refractivity contribution in [1.82, 2.24) is 9.55 Å². The second-order valence-electron chi connectivity index (χ2n) is 6.00. The van der Waals surface area contributed by atoms with Crippen LogP contribution in [0.25, 0.3) is 10.2 Å². The number of fused-ring (bicyclic) bond motifs is 1. The summed E-state index contributed by atoms with van der Waals surface area (Å²) in [4.78, 5) is 40.8. The Morgan fingerprint density at radius 1 is 1.26 bits per heavy atom. The maximum Gasteiger partial charge on any atom is 0.339 e. The van der Waals surface area contributed by atoms with Crippen molar-refractivity contribution >= 4 is 33.5 Å². The van der Waals surface area contributed by atoms with Crippen molar-refractivity contribution in [2.45, 2.75) is 26.3 Å². The Balaban J connectivity index is 1.90. The van der Waals surface area contributed by atoms with Crippen molar-refractivity contribution in [3.8, 4) is 0 Å². The highest BCUT2D eigenvalue weighted by Crippen LogP contribution is 2.22. The van der Waals surface area contributed by atoms with Crippen molar-refractivity contribution in [1.29, 1.82) is 0 Å². The highest BCUT2D eigenvalue weighted by Gasteiger charge is 2.18. The van der Waals surface area contributed by atoms with Gasteiger partial charge in [0.15, 0.2) is 0 Å². The number of carboxylic acids is 1. The van der Waals surface area contributed by atoms with E-state index >= 15 is 0 Å². The SMILES string of the molecule is CCCCOC(=O)c1csc2ncn(Cc3ccc(C(=O)O)cc3)c(=O)c12. The van der Waals surface area contributed by atoms with Gasteiger partial charge < -0.3 is 9.84 Å². The van der Waals surface area contributed by atoms with Gasteiger partial charge in [0.25, 0.3) is 5.56 Å². The van der Waals surface area contributed by atoms with Crippen LogP contribution in [0.5, 0.6) is 0 Å². The molecule has 0 aliphatic carbocycles. The van der Waals surface area contributed by atoms with Gasteiger partial charge in [0.2, 0.25) is 0 Å². The van der Waals surface area contributed by atoms with Crippen molar-refractivity contribution in [2.75, 3.05) is 6.61 Å². The molecule has 3 aromatic rings. The van der Waals surface area contributed by atoms with E-state index < -0.39 is 11.9 Å². The molecule has 1 aromatic carbocycles. The highest BCUT2D eigenvalue weighted by molar-refractivity contribution is 7.17. The van der Waals surface area contributed by atoms with Crippen LogP contribution in [0, 0.1) is 0 Å². The molecule has 0 fully saturated rings. The fourth-order valence-corrected chi connectivity index (χ4v) is 3.43. The third kappa shape index (κ3) is 4.06. The maximum absolute atomic E-state index is 12.9. The number of carbonyl (C=O) groups is 2. The lowest BCUT2D eigenvalue weighted by Gasteiger charge is -2.07. The molecule has 1 N–H and O–H groups in total. The molecular weight excluding hydrogens is 368 g/mol. The molecule has 3 rings (SSSR count). The minimum atomic E-state index is -1.01. The van der Waals surface area contributed by atoms with E-state index in [0.717, 1.165) is 18.4 Å². The lowest BCUT2D eigenvalue weighted by Crippen LogP contribution is -2.22. The number of rotatable bonds is 7. The Kier molecular flexibility index (Phi) is 5.66. The van der Waals surface area contributed by atoms with Crippen LogP contribution < -0.4 is 5.56 Å². The van der Waals surface area contributed by atoms with Gasteiger partial charge in [-0.1, -0.05) is 25.5 Å². The van der Waals surface area contributed by atoms with Crippen LogP contribution in [-0.4, -0.2) is 33.2 Å². The summed E-state index contributed by atoms with van der Waals surface area (Å²) in [6.07, 6.45) is 3.10. The normalized spacial score (nSPS) is 10.9. The van der Waals surface area contributed by atoms with Gasteiger partial charge in [-0.2, -0.15) is 0 Å². The van der Waals surface area contributed by atoms with Crippen LogP contribution >= 0.6 is 11.3 Å². The number of carboxylic acid groups (broad SMARTS) is 1. The Morgan fingerprint density at radius 3 is 2.67 bits per heavy atom. The highest BCUT2D eigenvalue weighted by atomic mass is 32.1. The summed E-state index contributed by atoms with van der Waals surface area (Å²) in [7, 11) is 0. The number of hydrogen-bond donors (Lipinski definition) is 1. The van der Waals surface area contributed by atoms with Gasteiger partial charge in [0, 0.05) is 5.38 Å². The average Bonchev–Trinajstić information content (AvgIpc) is 3.09. The molecule has 7 nitrogen and oxygen atoms in total. The van der Waals surface area contributed by atoms with E-state index in [-0.39, 0.29) is 28.6 Å². The van der Waals surface area contributed by atoms with E-state index in [0.29, 0.717) is 11.4 Å². The molecule has 0 saturated heterocycles. The van der Waals surface area contributed by atoms with Gasteiger partial charge in [-0.25, -0.2) is 14.6 Å². The summed E-state index contributed by atoms with van der Waals surface area (Å²) in [5, 5.41) is 10.8. The van der Waals surface area contributed by atoms with Crippen molar-refractivity contribution in [3.05, 3.63) is 63.0 Å². The lowest BCUT2D eigenvalue weighted by atomic mass is 10.1. The van der Waals surface area contributed by atoms with Crippen LogP contribution in [0.4, 0.5) is 0 Å². The maximum atomic E-state index is 12.9. The summed E-state index contributed by atoms with van der Waals surface area (Å²) in [5.41, 5.74) is 0.838. The third-order valence-electron chi connectivity index (χ3n) is 4.07. The Hall–Kier alpha value is -3.00. The molecule has 2 aromatic heterocycles. The summed E-state index contributed by atoms with van der Waals surface area (Å²) < 4.78 is 6.62. The van der Waals surface area contributed by atoms with Gasteiger partial charge in [-0.3, -0.25) is 9.36 Å². The topological polar surface area (TPSA) is 98.5 Å². The number of benzene rings is 1. The molecule has 27 heavy (non-hydrogen) atoms. The van der Waals surface area contributed by atoms with Gasteiger partial charge in [0.1, 0.15) is 4.83 Å². The third-order valence-corrected chi connectivity index (χ3v) is 4.95. The number of thiophene rings is 1. The average molecular weight is 386 g/mol. The first-order chi connectivity index (χ1) is 13.0. The smallest absolute Gasteiger partial charge is 0.339 e.